The molecule has 1 N–H and O–H groups in total. The van der Waals surface area contributed by atoms with Crippen molar-refractivity contribution in [3.63, 3.8) is 0 Å². The minimum absolute atomic E-state index is 0.442. The van der Waals surface area contributed by atoms with Gasteiger partial charge in [0.15, 0.2) is 0 Å². The first kappa shape index (κ1) is 15.1. The third kappa shape index (κ3) is 5.67. The zero-order valence-electron chi connectivity index (χ0n) is 12.0. The Bertz CT molecular complexity index is 552. The molecule has 21 heavy (non-hydrogen) atoms. The maximum absolute atomic E-state index is 11.4. The summed E-state index contributed by atoms with van der Waals surface area (Å²) >= 11 is 0. The molecule has 0 atom stereocenters. The largest absolute Gasteiger partial charge is 0.436 e. The number of hydroxylamine groups is 1. The molecule has 110 valence electrons. The molecule has 2 aromatic carbocycles. The smallest absolute Gasteiger partial charge is 0.409 e. The van der Waals surface area contributed by atoms with E-state index in [4.69, 9.17) is 9.57 Å². The van der Waals surface area contributed by atoms with Gasteiger partial charge in [0.1, 0.15) is 5.75 Å². The predicted molar refractivity (Wildman–Crippen MR) is 81.1 cm³/mol. The van der Waals surface area contributed by atoms with Gasteiger partial charge >= 0.3 is 6.09 Å². The fourth-order valence-corrected chi connectivity index (χ4v) is 1.83. The molecule has 0 saturated heterocycles. The van der Waals surface area contributed by atoms with Gasteiger partial charge in [-0.15, -0.1) is 0 Å². The molecule has 0 fully saturated rings. The van der Waals surface area contributed by atoms with Gasteiger partial charge < -0.3 is 4.74 Å². The van der Waals surface area contributed by atoms with Gasteiger partial charge in [-0.05, 0) is 37.5 Å². The molecule has 4 heteroatoms. The molecule has 0 unspecified atom stereocenters. The number of aryl methyl sites for hydroxylation is 2. The molecule has 4 nitrogen and oxygen atoms in total. The number of hydrogen-bond acceptors (Lipinski definition) is 3. The van der Waals surface area contributed by atoms with Crippen LogP contribution < -0.4 is 10.2 Å². The van der Waals surface area contributed by atoms with Crippen LogP contribution >= 0.6 is 0 Å². The van der Waals surface area contributed by atoms with Gasteiger partial charge in [-0.2, -0.15) is 5.48 Å². The number of benzene rings is 2. The zero-order valence-corrected chi connectivity index (χ0v) is 12.0. The van der Waals surface area contributed by atoms with Crippen LogP contribution in [0.15, 0.2) is 54.6 Å². The summed E-state index contributed by atoms with van der Waals surface area (Å²) < 4.78 is 5.02. The van der Waals surface area contributed by atoms with Crippen LogP contribution in [-0.2, 0) is 11.3 Å². The van der Waals surface area contributed by atoms with Crippen molar-refractivity contribution in [2.24, 2.45) is 0 Å². The minimum atomic E-state index is -0.614. The second kappa shape index (κ2) is 8.07. The molecule has 0 aliphatic heterocycles. The molecule has 0 aliphatic carbocycles. The first-order valence-electron chi connectivity index (χ1n) is 6.94. The van der Waals surface area contributed by atoms with E-state index in [9.17, 15) is 4.79 Å². The highest BCUT2D eigenvalue weighted by atomic mass is 16.7. The number of carbonyl (C=O) groups is 1. The van der Waals surface area contributed by atoms with E-state index in [1.54, 1.807) is 24.3 Å². The maximum atomic E-state index is 11.4. The highest BCUT2D eigenvalue weighted by Gasteiger charge is 2.03. The van der Waals surface area contributed by atoms with Gasteiger partial charge in [0.2, 0.25) is 0 Å². The summed E-state index contributed by atoms with van der Waals surface area (Å²) in [5.74, 6) is 0.484. The summed E-state index contributed by atoms with van der Waals surface area (Å²) in [6.45, 7) is 2.51. The Kier molecular flexibility index (Phi) is 5.79. The number of rotatable bonds is 6. The summed E-state index contributed by atoms with van der Waals surface area (Å²) in [5.41, 5.74) is 4.78. The third-order valence-corrected chi connectivity index (χ3v) is 2.94. The van der Waals surface area contributed by atoms with Crippen molar-refractivity contribution in [2.75, 3.05) is 6.61 Å². The Balaban J connectivity index is 1.59. The summed E-state index contributed by atoms with van der Waals surface area (Å²) in [7, 11) is 0. The van der Waals surface area contributed by atoms with Crippen molar-refractivity contribution in [1.82, 2.24) is 5.48 Å². The Labute approximate surface area is 124 Å². The molecule has 0 heterocycles. The molecule has 1 amide bonds. The van der Waals surface area contributed by atoms with Gasteiger partial charge in [0.25, 0.3) is 0 Å². The van der Waals surface area contributed by atoms with Crippen LogP contribution in [0, 0.1) is 6.92 Å². The lowest BCUT2D eigenvalue weighted by Crippen LogP contribution is -2.27. The molecule has 0 spiro atoms. The van der Waals surface area contributed by atoms with Gasteiger partial charge in [-0.25, -0.2) is 4.79 Å². The van der Waals surface area contributed by atoms with E-state index < -0.39 is 6.09 Å². The van der Waals surface area contributed by atoms with Gasteiger partial charge in [0, 0.05) is 0 Å². The van der Waals surface area contributed by atoms with Crippen LogP contribution in [0.25, 0.3) is 0 Å². The SMILES string of the molecule is Cc1ccc(CCCONC(=O)Oc2ccccc2)cc1. The van der Waals surface area contributed by atoms with E-state index >= 15 is 0 Å². The first-order chi connectivity index (χ1) is 10.2. The average Bonchev–Trinajstić information content (AvgIpc) is 2.50. The molecule has 2 aromatic rings. The van der Waals surface area contributed by atoms with Crippen molar-refractivity contribution in [3.8, 4) is 5.75 Å². The Morgan fingerprint density at radius 1 is 1.05 bits per heavy atom. The molecule has 0 bridgehead atoms. The van der Waals surface area contributed by atoms with Crippen molar-refractivity contribution < 1.29 is 14.4 Å². The summed E-state index contributed by atoms with van der Waals surface area (Å²) in [4.78, 5) is 16.5. The standard InChI is InChI=1S/C17H19NO3/c1-14-9-11-15(12-10-14)6-5-13-20-18-17(19)21-16-7-3-2-4-8-16/h2-4,7-12H,5-6,13H2,1H3,(H,18,19). The molecule has 0 aromatic heterocycles. The Morgan fingerprint density at radius 3 is 2.48 bits per heavy atom. The quantitative estimate of drug-likeness (QED) is 0.651. The van der Waals surface area contributed by atoms with Gasteiger partial charge in [-0.3, -0.25) is 4.84 Å². The van der Waals surface area contributed by atoms with E-state index in [1.165, 1.54) is 11.1 Å². The van der Waals surface area contributed by atoms with Crippen LogP contribution in [0.2, 0.25) is 0 Å². The van der Waals surface area contributed by atoms with Crippen LogP contribution in [0.5, 0.6) is 5.75 Å². The van der Waals surface area contributed by atoms with E-state index in [2.05, 4.69) is 36.7 Å². The normalized spacial score (nSPS) is 10.1. The van der Waals surface area contributed by atoms with Crippen LogP contribution in [0.3, 0.4) is 0 Å². The van der Waals surface area contributed by atoms with Crippen molar-refractivity contribution in [3.05, 3.63) is 65.7 Å². The highest BCUT2D eigenvalue weighted by molar-refractivity contribution is 5.68. The predicted octanol–water partition coefficient (Wildman–Crippen LogP) is 3.65. The zero-order chi connectivity index (χ0) is 14.9. The Hall–Kier alpha value is -2.33. The van der Waals surface area contributed by atoms with Crippen molar-refractivity contribution >= 4 is 6.09 Å². The lowest BCUT2D eigenvalue weighted by atomic mass is 10.1. The minimum Gasteiger partial charge on any atom is -0.409 e. The lowest BCUT2D eigenvalue weighted by Gasteiger charge is -2.07. The third-order valence-electron chi connectivity index (χ3n) is 2.94. The number of amides is 1. The fraction of sp³-hybridized carbons (Fsp3) is 0.235. The highest BCUT2D eigenvalue weighted by Crippen LogP contribution is 2.08. The lowest BCUT2D eigenvalue weighted by molar-refractivity contribution is 0.0441. The summed E-state index contributed by atoms with van der Waals surface area (Å²) in [5, 5.41) is 0. The monoisotopic (exact) mass is 285 g/mol. The van der Waals surface area contributed by atoms with Crippen LogP contribution in [0.4, 0.5) is 4.79 Å². The number of hydrogen-bond donors (Lipinski definition) is 1. The van der Waals surface area contributed by atoms with E-state index in [0.29, 0.717) is 12.4 Å². The van der Waals surface area contributed by atoms with E-state index in [0.717, 1.165) is 12.8 Å². The van der Waals surface area contributed by atoms with Gasteiger partial charge in [0.05, 0.1) is 6.61 Å². The van der Waals surface area contributed by atoms with Crippen LogP contribution in [0.1, 0.15) is 17.5 Å². The van der Waals surface area contributed by atoms with E-state index in [1.807, 2.05) is 6.07 Å². The first-order valence-corrected chi connectivity index (χ1v) is 6.94. The summed E-state index contributed by atoms with van der Waals surface area (Å²) in [6.07, 6.45) is 1.13. The van der Waals surface area contributed by atoms with E-state index in [-0.39, 0.29) is 0 Å². The van der Waals surface area contributed by atoms with Gasteiger partial charge in [-0.1, -0.05) is 48.0 Å². The fourth-order valence-electron chi connectivity index (χ4n) is 1.83. The number of ether oxygens (including phenoxy) is 1. The molecular formula is C17H19NO3. The number of carbonyl (C=O) groups excluding carboxylic acids is 1. The second-order valence-electron chi connectivity index (χ2n) is 4.74. The molecule has 2 rings (SSSR count). The molecule has 0 saturated carbocycles. The number of nitrogens with one attached hydrogen (secondary N) is 1. The van der Waals surface area contributed by atoms with Crippen molar-refractivity contribution in [2.45, 2.75) is 19.8 Å². The van der Waals surface area contributed by atoms with Crippen LogP contribution in [-0.4, -0.2) is 12.7 Å². The molecule has 0 aliphatic rings. The Morgan fingerprint density at radius 2 is 1.76 bits per heavy atom. The topological polar surface area (TPSA) is 47.6 Å². The average molecular weight is 285 g/mol. The molecular weight excluding hydrogens is 266 g/mol. The summed E-state index contributed by atoms with van der Waals surface area (Å²) in [6, 6.07) is 17.2. The second-order valence-corrected chi connectivity index (χ2v) is 4.74. The number of para-hydroxylation sites is 1. The van der Waals surface area contributed by atoms with Crippen molar-refractivity contribution in [1.29, 1.82) is 0 Å². The maximum Gasteiger partial charge on any atom is 0.436 e. The molecule has 0 radical (unpaired) electrons.